The molecule has 0 spiro atoms. The standard InChI is InChI=1S/C11H12BrFO/c12-10-6-8(13)2-3-9(10)11(7-14)4-1-5-11/h2-3,6,14H,1,4-5,7H2. The molecule has 0 aromatic heterocycles. The number of benzene rings is 1. The fourth-order valence-electron chi connectivity index (χ4n) is 2.04. The third-order valence-electron chi connectivity index (χ3n) is 3.12. The number of rotatable bonds is 2. The van der Waals surface area contributed by atoms with Gasteiger partial charge in [-0.05, 0) is 30.5 Å². The molecule has 1 N–H and O–H groups in total. The van der Waals surface area contributed by atoms with Crippen LogP contribution in [0.1, 0.15) is 24.8 Å². The lowest BCUT2D eigenvalue weighted by Gasteiger charge is -2.41. The van der Waals surface area contributed by atoms with Crippen LogP contribution in [0.15, 0.2) is 22.7 Å². The largest absolute Gasteiger partial charge is 0.395 e. The zero-order valence-electron chi connectivity index (χ0n) is 7.76. The van der Waals surface area contributed by atoms with Crippen molar-refractivity contribution in [1.82, 2.24) is 0 Å². The molecule has 0 heterocycles. The average molecular weight is 259 g/mol. The average Bonchev–Trinajstić information content (AvgIpc) is 2.07. The van der Waals surface area contributed by atoms with Gasteiger partial charge in [-0.15, -0.1) is 0 Å². The number of halogens is 2. The monoisotopic (exact) mass is 258 g/mol. The van der Waals surface area contributed by atoms with Crippen LogP contribution in [-0.4, -0.2) is 11.7 Å². The van der Waals surface area contributed by atoms with Crippen molar-refractivity contribution in [3.63, 3.8) is 0 Å². The molecule has 1 aromatic rings. The van der Waals surface area contributed by atoms with Crippen LogP contribution >= 0.6 is 15.9 Å². The van der Waals surface area contributed by atoms with E-state index in [2.05, 4.69) is 15.9 Å². The van der Waals surface area contributed by atoms with Crippen molar-refractivity contribution in [2.24, 2.45) is 0 Å². The van der Waals surface area contributed by atoms with E-state index < -0.39 is 0 Å². The molecule has 14 heavy (non-hydrogen) atoms. The highest BCUT2D eigenvalue weighted by Gasteiger charge is 2.39. The molecular weight excluding hydrogens is 247 g/mol. The fourth-order valence-corrected chi connectivity index (χ4v) is 2.81. The molecule has 0 saturated heterocycles. The smallest absolute Gasteiger partial charge is 0.124 e. The second kappa shape index (κ2) is 3.63. The molecule has 1 aliphatic rings. The molecule has 1 saturated carbocycles. The lowest BCUT2D eigenvalue weighted by molar-refractivity contribution is 0.119. The Hall–Kier alpha value is -0.410. The third-order valence-corrected chi connectivity index (χ3v) is 3.77. The summed E-state index contributed by atoms with van der Waals surface area (Å²) in [7, 11) is 0. The van der Waals surface area contributed by atoms with Gasteiger partial charge < -0.3 is 5.11 Å². The lowest BCUT2D eigenvalue weighted by atomic mass is 9.65. The summed E-state index contributed by atoms with van der Waals surface area (Å²) >= 11 is 3.35. The molecule has 1 fully saturated rings. The highest BCUT2D eigenvalue weighted by molar-refractivity contribution is 9.10. The van der Waals surface area contributed by atoms with Gasteiger partial charge in [0.25, 0.3) is 0 Å². The Labute approximate surface area is 91.1 Å². The zero-order chi connectivity index (χ0) is 10.2. The van der Waals surface area contributed by atoms with E-state index in [0.29, 0.717) is 0 Å². The summed E-state index contributed by atoms with van der Waals surface area (Å²) in [4.78, 5) is 0. The van der Waals surface area contributed by atoms with Crippen molar-refractivity contribution in [2.45, 2.75) is 24.7 Å². The number of hydrogen-bond donors (Lipinski definition) is 1. The Bertz CT molecular complexity index is 342. The lowest BCUT2D eigenvalue weighted by Crippen LogP contribution is -2.38. The van der Waals surface area contributed by atoms with Gasteiger partial charge in [0.15, 0.2) is 0 Å². The van der Waals surface area contributed by atoms with Crippen molar-refractivity contribution in [1.29, 1.82) is 0 Å². The van der Waals surface area contributed by atoms with Crippen molar-refractivity contribution in [3.05, 3.63) is 34.1 Å². The quantitative estimate of drug-likeness (QED) is 0.865. The molecule has 1 aromatic carbocycles. The molecule has 76 valence electrons. The summed E-state index contributed by atoms with van der Waals surface area (Å²) in [6.07, 6.45) is 3.13. The van der Waals surface area contributed by atoms with Crippen LogP contribution in [-0.2, 0) is 5.41 Å². The molecule has 0 bridgehead atoms. The minimum atomic E-state index is -0.243. The van der Waals surface area contributed by atoms with Crippen LogP contribution in [0.3, 0.4) is 0 Å². The zero-order valence-corrected chi connectivity index (χ0v) is 9.35. The van der Waals surface area contributed by atoms with Crippen LogP contribution in [0.25, 0.3) is 0 Å². The van der Waals surface area contributed by atoms with Gasteiger partial charge in [0, 0.05) is 9.89 Å². The van der Waals surface area contributed by atoms with Gasteiger partial charge >= 0.3 is 0 Å². The Balaban J connectivity index is 2.40. The third kappa shape index (κ3) is 1.48. The van der Waals surface area contributed by atoms with Crippen LogP contribution in [0.4, 0.5) is 4.39 Å². The SMILES string of the molecule is OCC1(c2ccc(F)cc2Br)CCC1. The Morgan fingerprint density at radius 3 is 2.57 bits per heavy atom. The number of aliphatic hydroxyl groups is 1. The van der Waals surface area contributed by atoms with Gasteiger partial charge in [0.05, 0.1) is 6.61 Å². The maximum atomic E-state index is 12.9. The van der Waals surface area contributed by atoms with Crippen molar-refractivity contribution in [3.8, 4) is 0 Å². The molecule has 0 radical (unpaired) electrons. The van der Waals surface area contributed by atoms with Gasteiger partial charge in [0.2, 0.25) is 0 Å². The summed E-state index contributed by atoms with van der Waals surface area (Å²) < 4.78 is 13.6. The maximum absolute atomic E-state index is 12.9. The van der Waals surface area contributed by atoms with Crippen LogP contribution in [0, 0.1) is 5.82 Å². The first-order valence-corrected chi connectivity index (χ1v) is 5.54. The molecule has 0 unspecified atom stereocenters. The van der Waals surface area contributed by atoms with E-state index in [9.17, 15) is 9.50 Å². The predicted molar refractivity (Wildman–Crippen MR) is 56.7 cm³/mol. The van der Waals surface area contributed by atoms with Gasteiger partial charge in [-0.3, -0.25) is 0 Å². The maximum Gasteiger partial charge on any atom is 0.124 e. The first-order valence-electron chi connectivity index (χ1n) is 4.74. The Morgan fingerprint density at radius 2 is 2.14 bits per heavy atom. The molecule has 1 nitrogen and oxygen atoms in total. The molecular formula is C11H12BrFO. The van der Waals surface area contributed by atoms with Gasteiger partial charge in [-0.2, -0.15) is 0 Å². The second-order valence-electron chi connectivity index (χ2n) is 3.92. The first kappa shape index (κ1) is 10.1. The number of hydrogen-bond acceptors (Lipinski definition) is 1. The summed E-state index contributed by atoms with van der Waals surface area (Å²) in [5.41, 5.74) is 0.916. The van der Waals surface area contributed by atoms with E-state index >= 15 is 0 Å². The highest BCUT2D eigenvalue weighted by atomic mass is 79.9. The molecule has 1 aliphatic carbocycles. The van der Waals surface area contributed by atoms with Crippen LogP contribution in [0.5, 0.6) is 0 Å². The highest BCUT2D eigenvalue weighted by Crippen LogP contribution is 2.45. The van der Waals surface area contributed by atoms with E-state index in [1.54, 1.807) is 6.07 Å². The molecule has 2 rings (SSSR count). The number of aliphatic hydroxyl groups excluding tert-OH is 1. The van der Waals surface area contributed by atoms with E-state index in [1.807, 2.05) is 0 Å². The van der Waals surface area contributed by atoms with Crippen LogP contribution < -0.4 is 0 Å². The topological polar surface area (TPSA) is 20.2 Å². The van der Waals surface area contributed by atoms with Crippen molar-refractivity contribution < 1.29 is 9.50 Å². The van der Waals surface area contributed by atoms with E-state index in [4.69, 9.17) is 0 Å². The Kier molecular flexibility index (Phi) is 2.62. The normalized spacial score (nSPS) is 19.1. The minimum absolute atomic E-state index is 0.119. The fraction of sp³-hybridized carbons (Fsp3) is 0.455. The molecule has 3 heteroatoms. The van der Waals surface area contributed by atoms with E-state index in [-0.39, 0.29) is 17.8 Å². The van der Waals surface area contributed by atoms with Crippen molar-refractivity contribution >= 4 is 15.9 Å². The first-order chi connectivity index (χ1) is 6.68. The minimum Gasteiger partial charge on any atom is -0.395 e. The molecule has 0 aliphatic heterocycles. The summed E-state index contributed by atoms with van der Waals surface area (Å²) in [6, 6.07) is 4.69. The Morgan fingerprint density at radius 1 is 1.43 bits per heavy atom. The molecule has 0 amide bonds. The second-order valence-corrected chi connectivity index (χ2v) is 4.77. The van der Waals surface area contributed by atoms with E-state index in [1.165, 1.54) is 12.1 Å². The summed E-state index contributed by atoms with van der Waals surface area (Å²) in [6.45, 7) is 0.150. The van der Waals surface area contributed by atoms with Crippen molar-refractivity contribution in [2.75, 3.05) is 6.61 Å². The van der Waals surface area contributed by atoms with Crippen LogP contribution in [0.2, 0.25) is 0 Å². The van der Waals surface area contributed by atoms with E-state index in [0.717, 1.165) is 29.3 Å². The summed E-state index contributed by atoms with van der Waals surface area (Å²) in [5, 5.41) is 9.37. The van der Waals surface area contributed by atoms with Gasteiger partial charge in [-0.1, -0.05) is 28.4 Å². The van der Waals surface area contributed by atoms with Gasteiger partial charge in [-0.25, -0.2) is 4.39 Å². The summed E-state index contributed by atoms with van der Waals surface area (Å²) in [5.74, 6) is -0.243. The molecule has 0 atom stereocenters. The predicted octanol–water partition coefficient (Wildman–Crippen LogP) is 3.00. The van der Waals surface area contributed by atoms with Gasteiger partial charge in [0.1, 0.15) is 5.82 Å².